The lowest BCUT2D eigenvalue weighted by Crippen LogP contribution is -2.33. The van der Waals surface area contributed by atoms with Gasteiger partial charge >= 0.3 is 0 Å². The Kier molecular flexibility index (Phi) is 3.94. The molecule has 17 heavy (non-hydrogen) atoms. The third-order valence-electron chi connectivity index (χ3n) is 3.11. The summed E-state index contributed by atoms with van der Waals surface area (Å²) in [6, 6.07) is 5.86. The van der Waals surface area contributed by atoms with Crippen LogP contribution in [0.5, 0.6) is 0 Å². The Morgan fingerprint density at radius 2 is 2.47 bits per heavy atom. The van der Waals surface area contributed by atoms with E-state index < -0.39 is 0 Å². The highest BCUT2D eigenvalue weighted by Gasteiger charge is 2.13. The van der Waals surface area contributed by atoms with E-state index in [1.54, 1.807) is 0 Å². The molecule has 0 aromatic carbocycles. The van der Waals surface area contributed by atoms with Gasteiger partial charge in [0.25, 0.3) is 0 Å². The minimum absolute atomic E-state index is 0.624. The summed E-state index contributed by atoms with van der Waals surface area (Å²) in [5.41, 5.74) is 1.56. The van der Waals surface area contributed by atoms with Crippen molar-refractivity contribution in [2.45, 2.75) is 19.8 Å². The average Bonchev–Trinajstić information content (AvgIpc) is 2.38. The van der Waals surface area contributed by atoms with Gasteiger partial charge in [-0.2, -0.15) is 5.26 Å². The molecule has 2 heterocycles. The summed E-state index contributed by atoms with van der Waals surface area (Å²) in [5, 5.41) is 15.7. The lowest BCUT2D eigenvalue weighted by atomic mass is 10.00. The van der Waals surface area contributed by atoms with E-state index in [1.165, 1.54) is 12.8 Å². The molecule has 0 bridgehead atoms. The topological polar surface area (TPSA) is 60.7 Å². The van der Waals surface area contributed by atoms with Gasteiger partial charge in [-0.15, -0.1) is 0 Å². The molecule has 4 heteroatoms. The molecule has 0 amide bonds. The predicted octanol–water partition coefficient (Wildman–Crippen LogP) is 1.67. The third-order valence-corrected chi connectivity index (χ3v) is 3.11. The molecule has 1 aromatic heterocycles. The largest absolute Gasteiger partial charge is 0.369 e. The fourth-order valence-corrected chi connectivity index (χ4v) is 2.12. The van der Waals surface area contributed by atoms with Crippen molar-refractivity contribution in [1.29, 1.82) is 5.26 Å². The third kappa shape index (κ3) is 3.18. The van der Waals surface area contributed by atoms with Gasteiger partial charge in [-0.3, -0.25) is 0 Å². The highest BCUT2D eigenvalue weighted by atomic mass is 15.0. The molecule has 1 aromatic rings. The van der Waals surface area contributed by atoms with Crippen LogP contribution in [0.15, 0.2) is 12.1 Å². The molecular weight excluding hydrogens is 212 g/mol. The smallest absolute Gasteiger partial charge is 0.144 e. The highest BCUT2D eigenvalue weighted by Crippen LogP contribution is 2.15. The number of anilines is 1. The van der Waals surface area contributed by atoms with Gasteiger partial charge < -0.3 is 10.6 Å². The van der Waals surface area contributed by atoms with Gasteiger partial charge in [-0.05, 0) is 50.9 Å². The summed E-state index contributed by atoms with van der Waals surface area (Å²) in [5.74, 6) is 1.36. The van der Waals surface area contributed by atoms with Gasteiger partial charge in [0.05, 0.1) is 5.56 Å². The van der Waals surface area contributed by atoms with Crippen LogP contribution in [0.3, 0.4) is 0 Å². The van der Waals surface area contributed by atoms with Crippen LogP contribution in [0.2, 0.25) is 0 Å². The molecule has 2 rings (SSSR count). The number of piperidine rings is 1. The van der Waals surface area contributed by atoms with E-state index >= 15 is 0 Å². The van der Waals surface area contributed by atoms with E-state index in [1.807, 2.05) is 19.1 Å². The van der Waals surface area contributed by atoms with Crippen LogP contribution in [-0.2, 0) is 0 Å². The van der Waals surface area contributed by atoms with E-state index in [-0.39, 0.29) is 0 Å². The molecule has 1 unspecified atom stereocenters. The number of aryl methyl sites for hydroxylation is 1. The predicted molar refractivity (Wildman–Crippen MR) is 67.8 cm³/mol. The lowest BCUT2D eigenvalue weighted by Gasteiger charge is -2.23. The summed E-state index contributed by atoms with van der Waals surface area (Å²) >= 11 is 0. The van der Waals surface area contributed by atoms with Crippen molar-refractivity contribution in [3.8, 4) is 6.07 Å². The SMILES string of the molecule is Cc1ccc(C#N)c(NCC2CCCNC2)n1. The van der Waals surface area contributed by atoms with Gasteiger partial charge in [-0.25, -0.2) is 4.98 Å². The first kappa shape index (κ1) is 11.9. The molecule has 0 radical (unpaired) electrons. The Morgan fingerprint density at radius 3 is 3.18 bits per heavy atom. The normalized spacial score (nSPS) is 19.6. The molecular formula is C13H18N4. The van der Waals surface area contributed by atoms with Gasteiger partial charge in [0, 0.05) is 12.2 Å². The highest BCUT2D eigenvalue weighted by molar-refractivity contribution is 5.52. The van der Waals surface area contributed by atoms with Gasteiger partial charge in [0.2, 0.25) is 0 Å². The summed E-state index contributed by atoms with van der Waals surface area (Å²) in [6.07, 6.45) is 2.48. The number of hydrogen-bond acceptors (Lipinski definition) is 4. The van der Waals surface area contributed by atoms with E-state index in [9.17, 15) is 0 Å². The standard InChI is InChI=1S/C13H18N4/c1-10-4-5-12(7-14)13(17-10)16-9-11-3-2-6-15-8-11/h4-5,11,15H,2-3,6,8-9H2,1H3,(H,16,17). The van der Waals surface area contributed by atoms with E-state index in [4.69, 9.17) is 5.26 Å². The second-order valence-corrected chi connectivity index (χ2v) is 4.55. The Hall–Kier alpha value is -1.60. The van der Waals surface area contributed by atoms with Crippen molar-refractivity contribution in [2.75, 3.05) is 25.0 Å². The van der Waals surface area contributed by atoms with E-state index in [0.717, 1.165) is 31.1 Å². The zero-order valence-corrected chi connectivity index (χ0v) is 10.2. The van der Waals surface area contributed by atoms with Crippen LogP contribution in [-0.4, -0.2) is 24.6 Å². The quantitative estimate of drug-likeness (QED) is 0.829. The fraction of sp³-hybridized carbons (Fsp3) is 0.538. The summed E-state index contributed by atoms with van der Waals surface area (Å²) in [4.78, 5) is 4.37. The van der Waals surface area contributed by atoms with Crippen LogP contribution >= 0.6 is 0 Å². The number of nitrogens with one attached hydrogen (secondary N) is 2. The molecule has 4 nitrogen and oxygen atoms in total. The molecule has 1 aliphatic heterocycles. The molecule has 1 aliphatic rings. The molecule has 1 atom stereocenters. The fourth-order valence-electron chi connectivity index (χ4n) is 2.12. The molecule has 0 saturated carbocycles. The molecule has 1 fully saturated rings. The summed E-state index contributed by atoms with van der Waals surface area (Å²) in [6.45, 7) is 5.01. The molecule has 90 valence electrons. The first-order valence-electron chi connectivity index (χ1n) is 6.12. The molecule has 0 aliphatic carbocycles. The zero-order chi connectivity index (χ0) is 12.1. The van der Waals surface area contributed by atoms with Crippen LogP contribution in [0.4, 0.5) is 5.82 Å². The average molecular weight is 230 g/mol. The Bertz CT molecular complexity index is 416. The van der Waals surface area contributed by atoms with Crippen molar-refractivity contribution >= 4 is 5.82 Å². The van der Waals surface area contributed by atoms with Crippen LogP contribution in [0, 0.1) is 24.2 Å². The molecule has 2 N–H and O–H groups in total. The number of hydrogen-bond donors (Lipinski definition) is 2. The van der Waals surface area contributed by atoms with E-state index in [0.29, 0.717) is 11.5 Å². The maximum absolute atomic E-state index is 9.00. The second-order valence-electron chi connectivity index (χ2n) is 4.55. The zero-order valence-electron chi connectivity index (χ0n) is 10.2. The van der Waals surface area contributed by atoms with Crippen molar-refractivity contribution < 1.29 is 0 Å². The maximum atomic E-state index is 9.00. The minimum Gasteiger partial charge on any atom is -0.369 e. The first-order chi connectivity index (χ1) is 8.29. The van der Waals surface area contributed by atoms with Crippen molar-refractivity contribution in [3.05, 3.63) is 23.4 Å². The Labute approximate surface area is 102 Å². The summed E-state index contributed by atoms with van der Waals surface area (Å²) < 4.78 is 0. The van der Waals surface area contributed by atoms with Crippen LogP contribution < -0.4 is 10.6 Å². The second kappa shape index (κ2) is 5.65. The van der Waals surface area contributed by atoms with Gasteiger partial charge in [-0.1, -0.05) is 0 Å². The lowest BCUT2D eigenvalue weighted by molar-refractivity contribution is 0.392. The maximum Gasteiger partial charge on any atom is 0.144 e. The number of nitrogens with zero attached hydrogens (tertiary/aromatic N) is 2. The van der Waals surface area contributed by atoms with Crippen molar-refractivity contribution in [1.82, 2.24) is 10.3 Å². The first-order valence-corrected chi connectivity index (χ1v) is 6.12. The number of pyridine rings is 1. The van der Waals surface area contributed by atoms with Crippen molar-refractivity contribution in [2.24, 2.45) is 5.92 Å². The molecule has 1 saturated heterocycles. The minimum atomic E-state index is 0.624. The molecule has 0 spiro atoms. The van der Waals surface area contributed by atoms with E-state index in [2.05, 4.69) is 21.7 Å². The Balaban J connectivity index is 1.98. The monoisotopic (exact) mass is 230 g/mol. The number of nitriles is 1. The number of aromatic nitrogens is 1. The van der Waals surface area contributed by atoms with Crippen molar-refractivity contribution in [3.63, 3.8) is 0 Å². The Morgan fingerprint density at radius 1 is 1.59 bits per heavy atom. The van der Waals surface area contributed by atoms with Gasteiger partial charge in [0.1, 0.15) is 11.9 Å². The van der Waals surface area contributed by atoms with Crippen LogP contribution in [0.1, 0.15) is 24.1 Å². The van der Waals surface area contributed by atoms with Gasteiger partial charge in [0.15, 0.2) is 0 Å². The number of rotatable bonds is 3. The summed E-state index contributed by atoms with van der Waals surface area (Å²) in [7, 11) is 0. The van der Waals surface area contributed by atoms with Crippen LogP contribution in [0.25, 0.3) is 0 Å².